The van der Waals surface area contributed by atoms with Crippen LogP contribution in [-0.4, -0.2) is 11.2 Å². The lowest BCUT2D eigenvalue weighted by molar-refractivity contribution is 1.23. The van der Waals surface area contributed by atoms with Gasteiger partial charge in [-0.25, -0.2) is 0 Å². The zero-order valence-corrected chi connectivity index (χ0v) is 13.2. The normalized spacial score (nSPS) is 11.2. The Kier molecular flexibility index (Phi) is 4.07. The summed E-state index contributed by atoms with van der Waals surface area (Å²) in [5.41, 5.74) is 8.12. The van der Waals surface area contributed by atoms with Gasteiger partial charge in [-0.1, -0.05) is 35.9 Å². The van der Waals surface area contributed by atoms with Crippen LogP contribution in [0.3, 0.4) is 0 Å². The number of aromatic nitrogens is 1. The smallest absolute Gasteiger partial charge is 0.0729 e. The number of anilines is 1. The Balaban J connectivity index is 1.90. The van der Waals surface area contributed by atoms with Crippen LogP contribution in [-0.2, 0) is 0 Å². The van der Waals surface area contributed by atoms with Crippen LogP contribution in [0.2, 0.25) is 5.02 Å². The second kappa shape index (κ2) is 6.16. The summed E-state index contributed by atoms with van der Waals surface area (Å²) in [4.78, 5) is 4.57. The number of hydrogen-bond donors (Lipinski definition) is 1. The molecule has 0 radical (unpaired) electrons. The Labute approximate surface area is 134 Å². The monoisotopic (exact) mass is 309 g/mol. The van der Waals surface area contributed by atoms with Crippen LogP contribution >= 0.6 is 11.6 Å². The van der Waals surface area contributed by atoms with Crippen molar-refractivity contribution in [2.24, 2.45) is 5.10 Å². The van der Waals surface area contributed by atoms with Crippen LogP contribution in [0.5, 0.6) is 0 Å². The molecule has 0 saturated heterocycles. The molecule has 0 aliphatic carbocycles. The Bertz CT molecular complexity index is 851. The summed E-state index contributed by atoms with van der Waals surface area (Å²) < 4.78 is 0. The molecule has 110 valence electrons. The molecule has 22 heavy (non-hydrogen) atoms. The molecular formula is C18H16ClN3. The van der Waals surface area contributed by atoms with Crippen molar-refractivity contribution < 1.29 is 0 Å². The molecule has 0 fully saturated rings. The molecule has 0 spiro atoms. The molecule has 0 aliphatic rings. The third kappa shape index (κ3) is 3.26. The summed E-state index contributed by atoms with van der Waals surface area (Å²) in [5, 5.41) is 6.06. The number of halogens is 1. The van der Waals surface area contributed by atoms with E-state index in [1.54, 1.807) is 6.21 Å². The van der Waals surface area contributed by atoms with Crippen molar-refractivity contribution in [2.75, 3.05) is 5.43 Å². The zero-order chi connectivity index (χ0) is 15.5. The van der Waals surface area contributed by atoms with Gasteiger partial charge in [-0.05, 0) is 49.2 Å². The summed E-state index contributed by atoms with van der Waals surface area (Å²) in [5.74, 6) is 0. The molecule has 0 unspecified atom stereocenters. The molecule has 0 atom stereocenters. The van der Waals surface area contributed by atoms with Gasteiger partial charge in [-0.2, -0.15) is 5.10 Å². The lowest BCUT2D eigenvalue weighted by atomic mass is 10.1. The largest absolute Gasteiger partial charge is 0.278 e. The molecule has 1 N–H and O–H groups in total. The van der Waals surface area contributed by atoms with Gasteiger partial charge in [-0.3, -0.25) is 10.4 Å². The van der Waals surface area contributed by atoms with Crippen LogP contribution in [0.4, 0.5) is 5.69 Å². The third-order valence-electron chi connectivity index (χ3n) is 3.34. The Morgan fingerprint density at radius 3 is 2.77 bits per heavy atom. The highest BCUT2D eigenvalue weighted by atomic mass is 35.5. The summed E-state index contributed by atoms with van der Waals surface area (Å²) in [6.07, 6.45) is 1.75. The van der Waals surface area contributed by atoms with Crippen molar-refractivity contribution in [1.29, 1.82) is 0 Å². The van der Waals surface area contributed by atoms with Gasteiger partial charge in [0.2, 0.25) is 0 Å². The van der Waals surface area contributed by atoms with Crippen molar-refractivity contribution in [3.63, 3.8) is 0 Å². The number of fused-ring (bicyclic) bond motifs is 1. The van der Waals surface area contributed by atoms with Crippen molar-refractivity contribution in [3.05, 3.63) is 70.4 Å². The van der Waals surface area contributed by atoms with Crippen molar-refractivity contribution in [3.8, 4) is 0 Å². The molecule has 3 aromatic rings. The summed E-state index contributed by atoms with van der Waals surface area (Å²) in [6, 6.07) is 15.8. The second-order valence-corrected chi connectivity index (χ2v) is 5.69. The van der Waals surface area contributed by atoms with Gasteiger partial charge >= 0.3 is 0 Å². The van der Waals surface area contributed by atoms with E-state index in [0.717, 1.165) is 27.8 Å². The fourth-order valence-electron chi connectivity index (χ4n) is 2.33. The second-order valence-electron chi connectivity index (χ2n) is 5.26. The molecule has 0 bridgehead atoms. The molecule has 0 amide bonds. The Hall–Kier alpha value is -2.39. The first kappa shape index (κ1) is 14.5. The third-order valence-corrected chi connectivity index (χ3v) is 3.58. The summed E-state index contributed by atoms with van der Waals surface area (Å²) >= 11 is 5.96. The molecular weight excluding hydrogens is 294 g/mol. The van der Waals surface area contributed by atoms with E-state index in [9.17, 15) is 0 Å². The number of hydrazone groups is 1. The number of pyridine rings is 1. The van der Waals surface area contributed by atoms with Gasteiger partial charge in [0.25, 0.3) is 0 Å². The van der Waals surface area contributed by atoms with Gasteiger partial charge < -0.3 is 0 Å². The van der Waals surface area contributed by atoms with Crippen molar-refractivity contribution in [2.45, 2.75) is 13.8 Å². The highest BCUT2D eigenvalue weighted by molar-refractivity contribution is 6.30. The average Bonchev–Trinajstić information content (AvgIpc) is 2.46. The van der Waals surface area contributed by atoms with Crippen LogP contribution in [0.25, 0.3) is 10.9 Å². The average molecular weight is 310 g/mol. The number of nitrogens with zero attached hydrogens (tertiary/aromatic N) is 2. The number of aryl methyl sites for hydroxylation is 2. The van der Waals surface area contributed by atoms with E-state index in [1.165, 1.54) is 5.56 Å². The van der Waals surface area contributed by atoms with E-state index >= 15 is 0 Å². The van der Waals surface area contributed by atoms with Crippen LogP contribution < -0.4 is 5.43 Å². The van der Waals surface area contributed by atoms with Gasteiger partial charge in [0.15, 0.2) is 0 Å². The topological polar surface area (TPSA) is 37.3 Å². The molecule has 4 heteroatoms. The molecule has 0 aliphatic heterocycles. The zero-order valence-electron chi connectivity index (χ0n) is 12.5. The number of benzene rings is 2. The summed E-state index contributed by atoms with van der Waals surface area (Å²) in [6.45, 7) is 4.04. The predicted octanol–water partition coefficient (Wildman–Crippen LogP) is 4.95. The maximum absolute atomic E-state index is 5.96. The van der Waals surface area contributed by atoms with Gasteiger partial charge in [-0.15, -0.1) is 0 Å². The fourth-order valence-corrected chi connectivity index (χ4v) is 2.53. The molecule has 2 aromatic carbocycles. The van der Waals surface area contributed by atoms with Crippen LogP contribution in [0.1, 0.15) is 16.8 Å². The quantitative estimate of drug-likeness (QED) is 0.549. The molecule has 0 saturated carbocycles. The standard InChI is InChI=1S/C18H16ClN3/c1-12-6-7-16-17(8-12)21-13(2)9-18(16)22-20-11-14-4-3-5-15(19)10-14/h3-11H,1-2H3,(H,21,22)/b20-11+. The SMILES string of the molecule is Cc1ccc2c(N/N=C/c3cccc(Cl)c3)cc(C)nc2c1. The van der Waals surface area contributed by atoms with E-state index in [0.29, 0.717) is 5.02 Å². The predicted molar refractivity (Wildman–Crippen MR) is 93.9 cm³/mol. The highest BCUT2D eigenvalue weighted by Gasteiger charge is 2.03. The van der Waals surface area contributed by atoms with E-state index in [-0.39, 0.29) is 0 Å². The van der Waals surface area contributed by atoms with E-state index in [2.05, 4.69) is 40.6 Å². The molecule has 1 heterocycles. The van der Waals surface area contributed by atoms with Crippen molar-refractivity contribution in [1.82, 2.24) is 4.98 Å². The number of hydrogen-bond acceptors (Lipinski definition) is 3. The molecule has 3 nitrogen and oxygen atoms in total. The van der Waals surface area contributed by atoms with E-state index in [1.807, 2.05) is 37.3 Å². The van der Waals surface area contributed by atoms with Crippen molar-refractivity contribution >= 4 is 34.4 Å². The lowest BCUT2D eigenvalue weighted by Gasteiger charge is -2.07. The van der Waals surface area contributed by atoms with Gasteiger partial charge in [0, 0.05) is 16.1 Å². The minimum atomic E-state index is 0.699. The maximum Gasteiger partial charge on any atom is 0.0729 e. The fraction of sp³-hybridized carbons (Fsp3) is 0.111. The molecule has 1 aromatic heterocycles. The first-order chi connectivity index (χ1) is 10.6. The first-order valence-corrected chi connectivity index (χ1v) is 7.42. The lowest BCUT2D eigenvalue weighted by Crippen LogP contribution is -1.95. The number of nitrogens with one attached hydrogen (secondary N) is 1. The minimum absolute atomic E-state index is 0.699. The van der Waals surface area contributed by atoms with Gasteiger partial charge in [0.05, 0.1) is 17.4 Å². The maximum atomic E-state index is 5.96. The van der Waals surface area contributed by atoms with Crippen LogP contribution in [0.15, 0.2) is 53.6 Å². The van der Waals surface area contributed by atoms with Crippen LogP contribution in [0, 0.1) is 13.8 Å². The first-order valence-electron chi connectivity index (χ1n) is 7.04. The number of rotatable bonds is 3. The minimum Gasteiger partial charge on any atom is -0.278 e. The summed E-state index contributed by atoms with van der Waals surface area (Å²) in [7, 11) is 0. The van der Waals surface area contributed by atoms with E-state index < -0.39 is 0 Å². The Morgan fingerprint density at radius 1 is 1.09 bits per heavy atom. The Morgan fingerprint density at radius 2 is 1.95 bits per heavy atom. The van der Waals surface area contributed by atoms with Gasteiger partial charge in [0.1, 0.15) is 0 Å². The van der Waals surface area contributed by atoms with E-state index in [4.69, 9.17) is 11.6 Å². The molecule has 3 rings (SSSR count). The highest BCUT2D eigenvalue weighted by Crippen LogP contribution is 2.24.